The molecule has 0 aromatic carbocycles. The van der Waals surface area contributed by atoms with Crippen molar-refractivity contribution >= 4 is 11.8 Å². The summed E-state index contributed by atoms with van der Waals surface area (Å²) in [6.45, 7) is 2.63. The number of nitrogens with zero attached hydrogens (tertiary/aromatic N) is 1. The first kappa shape index (κ1) is 16.9. The standard InChI is InChI=1S/C16H22N2O6/c1-8-10(6-12(24-8)14-13(20)11(19)7-23-14)16(22)18-4-2-9(3-5-18)15(17)21/h6,9,11,13-14,19-20H,2-5,7H2,1H3,(H2,17,21)/t11-,13-,14+/m1/s1. The molecule has 0 saturated carbocycles. The molecule has 4 N–H and O–H groups in total. The number of ether oxygens (including phenoxy) is 1. The van der Waals surface area contributed by atoms with E-state index in [9.17, 15) is 19.8 Å². The van der Waals surface area contributed by atoms with E-state index in [0.29, 0.717) is 43.0 Å². The van der Waals surface area contributed by atoms with E-state index in [1.807, 2.05) is 0 Å². The molecule has 3 heterocycles. The van der Waals surface area contributed by atoms with E-state index in [2.05, 4.69) is 0 Å². The van der Waals surface area contributed by atoms with E-state index in [0.717, 1.165) is 0 Å². The third-order valence-corrected chi connectivity index (χ3v) is 4.78. The maximum absolute atomic E-state index is 12.7. The Morgan fingerprint density at radius 2 is 1.96 bits per heavy atom. The number of aryl methyl sites for hydroxylation is 1. The molecule has 8 nitrogen and oxygen atoms in total. The smallest absolute Gasteiger partial charge is 0.257 e. The highest BCUT2D eigenvalue weighted by atomic mass is 16.5. The predicted octanol–water partition coefficient (Wildman–Crippen LogP) is -0.281. The molecule has 2 fully saturated rings. The van der Waals surface area contributed by atoms with Crippen molar-refractivity contribution in [3.63, 3.8) is 0 Å². The van der Waals surface area contributed by atoms with Crippen molar-refractivity contribution in [2.75, 3.05) is 19.7 Å². The van der Waals surface area contributed by atoms with Crippen molar-refractivity contribution in [1.82, 2.24) is 4.90 Å². The first-order chi connectivity index (χ1) is 11.4. The van der Waals surface area contributed by atoms with E-state index in [1.54, 1.807) is 17.9 Å². The average Bonchev–Trinajstić information content (AvgIpc) is 3.10. The summed E-state index contributed by atoms with van der Waals surface area (Å²) in [7, 11) is 0. The lowest BCUT2D eigenvalue weighted by Gasteiger charge is -2.30. The Kier molecular flexibility index (Phi) is 4.62. The first-order valence-electron chi connectivity index (χ1n) is 8.05. The normalized spacial score (nSPS) is 28.3. The molecular formula is C16H22N2O6. The van der Waals surface area contributed by atoms with Gasteiger partial charge in [0, 0.05) is 19.0 Å². The molecule has 8 heteroatoms. The fourth-order valence-corrected chi connectivity index (χ4v) is 3.25. The minimum atomic E-state index is -1.08. The Bertz CT molecular complexity index is 635. The minimum absolute atomic E-state index is 0.0233. The number of piperidine rings is 1. The van der Waals surface area contributed by atoms with E-state index in [1.165, 1.54) is 0 Å². The van der Waals surface area contributed by atoms with Crippen LogP contribution in [0.3, 0.4) is 0 Å². The van der Waals surface area contributed by atoms with E-state index in [4.69, 9.17) is 14.9 Å². The van der Waals surface area contributed by atoms with Crippen molar-refractivity contribution in [2.24, 2.45) is 11.7 Å². The summed E-state index contributed by atoms with van der Waals surface area (Å²) in [5, 5.41) is 19.5. The molecule has 0 radical (unpaired) electrons. The summed E-state index contributed by atoms with van der Waals surface area (Å²) in [6, 6.07) is 1.56. The number of carbonyl (C=O) groups is 2. The van der Waals surface area contributed by atoms with Gasteiger partial charge < -0.3 is 30.0 Å². The van der Waals surface area contributed by atoms with Gasteiger partial charge in [0.25, 0.3) is 5.91 Å². The van der Waals surface area contributed by atoms with Gasteiger partial charge in [-0.3, -0.25) is 9.59 Å². The third-order valence-electron chi connectivity index (χ3n) is 4.78. The van der Waals surface area contributed by atoms with Crippen LogP contribution in [0.5, 0.6) is 0 Å². The van der Waals surface area contributed by atoms with Gasteiger partial charge >= 0.3 is 0 Å². The highest BCUT2D eigenvalue weighted by Crippen LogP contribution is 2.32. The van der Waals surface area contributed by atoms with Crippen molar-refractivity contribution in [1.29, 1.82) is 0 Å². The minimum Gasteiger partial charge on any atom is -0.463 e. The Hall–Kier alpha value is -1.90. The van der Waals surface area contributed by atoms with Gasteiger partial charge in [-0.15, -0.1) is 0 Å². The molecule has 0 unspecified atom stereocenters. The Labute approximate surface area is 139 Å². The van der Waals surface area contributed by atoms with Crippen LogP contribution in [0.4, 0.5) is 0 Å². The van der Waals surface area contributed by atoms with Crippen LogP contribution in [0.25, 0.3) is 0 Å². The number of carbonyl (C=O) groups excluding carboxylic acids is 2. The Balaban J connectivity index is 1.71. The molecule has 2 saturated heterocycles. The van der Waals surface area contributed by atoms with Gasteiger partial charge in [0.2, 0.25) is 5.91 Å². The quantitative estimate of drug-likeness (QED) is 0.696. The van der Waals surface area contributed by atoms with Crippen LogP contribution in [0.15, 0.2) is 10.5 Å². The zero-order valence-electron chi connectivity index (χ0n) is 13.5. The molecule has 2 amide bonds. The lowest BCUT2D eigenvalue weighted by atomic mass is 9.96. The summed E-state index contributed by atoms with van der Waals surface area (Å²) in [4.78, 5) is 25.5. The topological polar surface area (TPSA) is 126 Å². The summed E-state index contributed by atoms with van der Waals surface area (Å²) in [5.74, 6) is 0.0722. The van der Waals surface area contributed by atoms with Crippen LogP contribution >= 0.6 is 0 Å². The fourth-order valence-electron chi connectivity index (χ4n) is 3.25. The van der Waals surface area contributed by atoms with Crippen LogP contribution in [-0.2, 0) is 9.53 Å². The Morgan fingerprint density at radius 3 is 2.50 bits per heavy atom. The van der Waals surface area contributed by atoms with Gasteiger partial charge in [0.05, 0.1) is 12.2 Å². The number of primary amides is 1. The zero-order chi connectivity index (χ0) is 17.4. The SMILES string of the molecule is Cc1oc([C@@H]2OC[C@@H](O)[C@H]2O)cc1C(=O)N1CCC(C(N)=O)CC1. The van der Waals surface area contributed by atoms with Gasteiger partial charge in [-0.05, 0) is 25.8 Å². The fraction of sp³-hybridized carbons (Fsp3) is 0.625. The predicted molar refractivity (Wildman–Crippen MR) is 82.0 cm³/mol. The van der Waals surface area contributed by atoms with Gasteiger partial charge in [-0.25, -0.2) is 0 Å². The van der Waals surface area contributed by atoms with E-state index >= 15 is 0 Å². The first-order valence-corrected chi connectivity index (χ1v) is 8.05. The molecule has 1 aromatic heterocycles. The second-order valence-electron chi connectivity index (χ2n) is 6.40. The largest absolute Gasteiger partial charge is 0.463 e. The van der Waals surface area contributed by atoms with Crippen molar-refractivity contribution in [2.45, 2.75) is 38.1 Å². The number of aliphatic hydroxyl groups excluding tert-OH is 2. The second-order valence-corrected chi connectivity index (χ2v) is 6.40. The van der Waals surface area contributed by atoms with Crippen molar-refractivity contribution in [3.8, 4) is 0 Å². The zero-order valence-corrected chi connectivity index (χ0v) is 13.5. The molecule has 3 atom stereocenters. The van der Waals surface area contributed by atoms with Crippen LogP contribution in [0, 0.1) is 12.8 Å². The lowest BCUT2D eigenvalue weighted by molar-refractivity contribution is -0.123. The Morgan fingerprint density at radius 1 is 1.29 bits per heavy atom. The molecular weight excluding hydrogens is 316 g/mol. The van der Waals surface area contributed by atoms with Crippen LogP contribution in [0.2, 0.25) is 0 Å². The van der Waals surface area contributed by atoms with Crippen molar-refractivity contribution < 1.29 is 29.0 Å². The second kappa shape index (κ2) is 6.54. The highest BCUT2D eigenvalue weighted by Gasteiger charge is 2.39. The number of likely N-dealkylation sites (tertiary alicyclic amines) is 1. The maximum atomic E-state index is 12.7. The summed E-state index contributed by atoms with van der Waals surface area (Å²) in [6.07, 6.45) is -1.71. The van der Waals surface area contributed by atoms with E-state index < -0.39 is 18.3 Å². The number of aliphatic hydroxyl groups is 2. The highest BCUT2D eigenvalue weighted by molar-refractivity contribution is 5.95. The number of amides is 2. The van der Waals surface area contributed by atoms with E-state index in [-0.39, 0.29) is 24.3 Å². The monoisotopic (exact) mass is 338 g/mol. The van der Waals surface area contributed by atoms with Crippen molar-refractivity contribution in [3.05, 3.63) is 23.2 Å². The van der Waals surface area contributed by atoms with Gasteiger partial charge in [0.1, 0.15) is 29.8 Å². The maximum Gasteiger partial charge on any atom is 0.257 e. The number of nitrogens with two attached hydrogens (primary N) is 1. The third kappa shape index (κ3) is 3.04. The lowest BCUT2D eigenvalue weighted by Crippen LogP contribution is -2.41. The number of rotatable bonds is 3. The van der Waals surface area contributed by atoms with Gasteiger partial charge in [-0.2, -0.15) is 0 Å². The average molecular weight is 338 g/mol. The molecule has 1 aromatic rings. The van der Waals surface area contributed by atoms with Crippen LogP contribution in [0.1, 0.15) is 40.8 Å². The molecule has 0 bridgehead atoms. The van der Waals surface area contributed by atoms with Gasteiger partial charge in [-0.1, -0.05) is 0 Å². The number of furan rings is 1. The van der Waals surface area contributed by atoms with Crippen LogP contribution < -0.4 is 5.73 Å². The number of hydrogen-bond donors (Lipinski definition) is 3. The summed E-state index contributed by atoms with van der Waals surface area (Å²) in [5.41, 5.74) is 5.71. The molecule has 2 aliphatic rings. The molecule has 132 valence electrons. The molecule has 2 aliphatic heterocycles. The number of hydrogen-bond acceptors (Lipinski definition) is 6. The summed E-state index contributed by atoms with van der Waals surface area (Å²) >= 11 is 0. The van der Waals surface area contributed by atoms with Gasteiger partial charge in [0.15, 0.2) is 0 Å². The molecule has 24 heavy (non-hydrogen) atoms. The molecule has 0 aliphatic carbocycles. The molecule has 3 rings (SSSR count). The van der Waals surface area contributed by atoms with Crippen LogP contribution in [-0.4, -0.2) is 58.8 Å². The summed E-state index contributed by atoms with van der Waals surface area (Å²) < 4.78 is 10.9. The molecule has 0 spiro atoms.